The Morgan fingerprint density at radius 2 is 1.21 bits per heavy atom. The Labute approximate surface area is 174 Å². The maximum absolute atomic E-state index is 11.8. The highest BCUT2D eigenvalue weighted by Crippen LogP contribution is 2.38. The lowest BCUT2D eigenvalue weighted by atomic mass is 9.84. The fourth-order valence-corrected chi connectivity index (χ4v) is 6.19. The van der Waals surface area contributed by atoms with E-state index in [-0.39, 0.29) is 0 Å². The van der Waals surface area contributed by atoms with Gasteiger partial charge >= 0.3 is 0 Å². The maximum atomic E-state index is 11.8. The zero-order chi connectivity index (χ0) is 20.0. The van der Waals surface area contributed by atoms with Gasteiger partial charge < -0.3 is 5.11 Å². The molecular formula is C25H28OSSi. The van der Waals surface area contributed by atoms with Crippen LogP contribution in [-0.4, -0.2) is 13.2 Å². The number of thioether (sulfide) groups is 1. The molecule has 3 heteroatoms. The van der Waals surface area contributed by atoms with Gasteiger partial charge in [-0.2, -0.15) is 0 Å². The molecule has 1 nitrogen and oxygen atoms in total. The third kappa shape index (κ3) is 5.05. The molecular weight excluding hydrogens is 376 g/mol. The van der Waals surface area contributed by atoms with E-state index in [0.717, 1.165) is 11.1 Å². The summed E-state index contributed by atoms with van der Waals surface area (Å²) in [6, 6.07) is 30.5. The average molecular weight is 405 g/mol. The second-order valence-electron chi connectivity index (χ2n) is 8.03. The molecule has 0 fully saturated rings. The molecule has 144 valence electrons. The molecule has 0 aromatic heterocycles. The highest BCUT2D eigenvalue weighted by molar-refractivity contribution is 8.05. The third-order valence-corrected chi connectivity index (χ3v) is 9.52. The van der Waals surface area contributed by atoms with E-state index in [1.807, 2.05) is 78.5 Å². The molecule has 3 rings (SSSR count). The van der Waals surface area contributed by atoms with Gasteiger partial charge in [0.1, 0.15) is 5.60 Å². The molecule has 0 aliphatic heterocycles. The first-order valence-electron chi connectivity index (χ1n) is 9.66. The van der Waals surface area contributed by atoms with Gasteiger partial charge in [0.2, 0.25) is 0 Å². The van der Waals surface area contributed by atoms with Gasteiger partial charge in [-0.3, -0.25) is 0 Å². The van der Waals surface area contributed by atoms with Crippen LogP contribution in [0.3, 0.4) is 0 Å². The summed E-state index contributed by atoms with van der Waals surface area (Å²) in [7, 11) is -1.56. The average Bonchev–Trinajstić information content (AvgIpc) is 2.72. The largest absolute Gasteiger partial charge is 0.380 e. The molecule has 3 aromatic rings. The standard InChI is InChI=1S/C25H28OSSi/c1-28(2,3)24(27-23-17-11-6-12-18-23)19-20-25(26,21-13-7-4-8-14-21)22-15-9-5-10-16-22/h4-19,26H,20H2,1-3H3/b24-19+. The molecule has 0 saturated carbocycles. The van der Waals surface area contributed by atoms with Crippen LogP contribution in [0.2, 0.25) is 19.6 Å². The molecule has 0 unspecified atom stereocenters. The first kappa shape index (κ1) is 20.7. The Kier molecular flexibility index (Phi) is 6.60. The predicted octanol–water partition coefficient (Wildman–Crippen LogP) is 6.87. The second kappa shape index (κ2) is 8.95. The Hall–Kier alpha value is -2.07. The van der Waals surface area contributed by atoms with E-state index in [4.69, 9.17) is 0 Å². The van der Waals surface area contributed by atoms with Gasteiger partial charge in [0.25, 0.3) is 0 Å². The van der Waals surface area contributed by atoms with Crippen LogP contribution in [-0.2, 0) is 5.60 Å². The molecule has 1 N–H and O–H groups in total. The Morgan fingerprint density at radius 3 is 1.64 bits per heavy atom. The van der Waals surface area contributed by atoms with Crippen molar-refractivity contribution in [1.82, 2.24) is 0 Å². The minimum Gasteiger partial charge on any atom is -0.380 e. The minimum absolute atomic E-state index is 0.556. The minimum atomic E-state index is -1.56. The lowest BCUT2D eigenvalue weighted by Gasteiger charge is -2.30. The van der Waals surface area contributed by atoms with Gasteiger partial charge in [-0.25, -0.2) is 0 Å². The molecule has 0 amide bonds. The molecule has 0 radical (unpaired) electrons. The smallest absolute Gasteiger partial charge is 0.118 e. The Morgan fingerprint density at radius 1 is 0.786 bits per heavy atom. The van der Waals surface area contributed by atoms with Gasteiger partial charge in [-0.1, -0.05) is 116 Å². The summed E-state index contributed by atoms with van der Waals surface area (Å²) < 4.78 is 1.39. The number of hydrogen-bond donors (Lipinski definition) is 1. The molecule has 3 aromatic carbocycles. The number of rotatable bonds is 7. The molecule has 0 saturated heterocycles. The van der Waals surface area contributed by atoms with Crippen LogP contribution in [0.15, 0.2) is 106 Å². The van der Waals surface area contributed by atoms with Crippen LogP contribution in [0.1, 0.15) is 17.5 Å². The van der Waals surface area contributed by atoms with E-state index < -0.39 is 13.7 Å². The zero-order valence-electron chi connectivity index (χ0n) is 16.8. The summed E-state index contributed by atoms with van der Waals surface area (Å²) in [5.74, 6) is 0. The van der Waals surface area contributed by atoms with Crippen LogP contribution in [0.25, 0.3) is 0 Å². The second-order valence-corrected chi connectivity index (χ2v) is 14.5. The predicted molar refractivity (Wildman–Crippen MR) is 124 cm³/mol. The van der Waals surface area contributed by atoms with Crippen molar-refractivity contribution >= 4 is 19.8 Å². The van der Waals surface area contributed by atoms with Crippen molar-refractivity contribution in [2.75, 3.05) is 0 Å². The first-order valence-corrected chi connectivity index (χ1v) is 14.0. The van der Waals surface area contributed by atoms with E-state index in [1.165, 1.54) is 9.42 Å². The summed E-state index contributed by atoms with van der Waals surface area (Å²) in [4.78, 5) is 1.25. The molecule has 0 heterocycles. The molecule has 0 aliphatic carbocycles. The summed E-state index contributed by atoms with van der Waals surface area (Å²) >= 11 is 1.84. The molecule has 28 heavy (non-hydrogen) atoms. The topological polar surface area (TPSA) is 20.2 Å². The van der Waals surface area contributed by atoms with E-state index in [2.05, 4.69) is 50.0 Å². The fourth-order valence-electron chi connectivity index (χ4n) is 3.19. The van der Waals surface area contributed by atoms with E-state index in [1.54, 1.807) is 0 Å². The maximum Gasteiger partial charge on any atom is 0.118 e. The van der Waals surface area contributed by atoms with Crippen molar-refractivity contribution in [3.05, 3.63) is 113 Å². The lowest BCUT2D eigenvalue weighted by Crippen LogP contribution is -2.28. The Bertz CT molecular complexity index is 860. The van der Waals surface area contributed by atoms with Crippen molar-refractivity contribution in [3.8, 4) is 0 Å². The summed E-state index contributed by atoms with van der Waals surface area (Å²) in [5.41, 5.74) is 0.819. The quantitative estimate of drug-likeness (QED) is 0.342. The SMILES string of the molecule is C[Si](C)(C)/C(=C/CC(O)(c1ccccc1)c1ccccc1)Sc1ccccc1. The van der Waals surface area contributed by atoms with Crippen LogP contribution in [0, 0.1) is 0 Å². The van der Waals surface area contributed by atoms with Gasteiger partial charge in [0.15, 0.2) is 0 Å². The lowest BCUT2D eigenvalue weighted by molar-refractivity contribution is 0.0841. The highest BCUT2D eigenvalue weighted by Gasteiger charge is 2.31. The van der Waals surface area contributed by atoms with Crippen molar-refractivity contribution in [2.24, 2.45) is 0 Å². The summed E-state index contributed by atoms with van der Waals surface area (Å²) in [5, 5.41) is 11.8. The highest BCUT2D eigenvalue weighted by atomic mass is 32.2. The first-order chi connectivity index (χ1) is 13.4. The fraction of sp³-hybridized carbons (Fsp3) is 0.200. The third-order valence-electron chi connectivity index (χ3n) is 4.80. The number of benzene rings is 3. The molecule has 0 bridgehead atoms. The van der Waals surface area contributed by atoms with Crippen LogP contribution in [0.4, 0.5) is 0 Å². The zero-order valence-corrected chi connectivity index (χ0v) is 18.6. The molecule has 0 atom stereocenters. The van der Waals surface area contributed by atoms with Gasteiger partial charge in [-0.05, 0) is 27.8 Å². The van der Waals surface area contributed by atoms with Crippen LogP contribution >= 0.6 is 11.8 Å². The van der Waals surface area contributed by atoms with E-state index in [0.29, 0.717) is 6.42 Å². The summed E-state index contributed by atoms with van der Waals surface area (Å²) in [6.45, 7) is 7.08. The number of hydrogen-bond acceptors (Lipinski definition) is 2. The van der Waals surface area contributed by atoms with Crippen molar-refractivity contribution in [1.29, 1.82) is 0 Å². The summed E-state index contributed by atoms with van der Waals surface area (Å²) in [6.07, 6.45) is 2.82. The monoisotopic (exact) mass is 404 g/mol. The van der Waals surface area contributed by atoms with Gasteiger partial charge in [0.05, 0.1) is 8.07 Å². The van der Waals surface area contributed by atoms with Crippen molar-refractivity contribution < 1.29 is 5.11 Å². The van der Waals surface area contributed by atoms with Crippen LogP contribution < -0.4 is 0 Å². The normalized spacial score (nSPS) is 12.8. The number of aliphatic hydroxyl groups is 1. The molecule has 0 spiro atoms. The molecule has 0 aliphatic rings. The van der Waals surface area contributed by atoms with Crippen LogP contribution in [0.5, 0.6) is 0 Å². The van der Waals surface area contributed by atoms with E-state index >= 15 is 0 Å². The van der Waals surface area contributed by atoms with Gasteiger partial charge in [0, 0.05) is 11.3 Å². The van der Waals surface area contributed by atoms with Crippen molar-refractivity contribution in [2.45, 2.75) is 36.6 Å². The van der Waals surface area contributed by atoms with E-state index in [9.17, 15) is 5.11 Å². The van der Waals surface area contributed by atoms with Crippen molar-refractivity contribution in [3.63, 3.8) is 0 Å². The van der Waals surface area contributed by atoms with Gasteiger partial charge in [-0.15, -0.1) is 0 Å². The Balaban J connectivity index is 1.99.